The summed E-state index contributed by atoms with van der Waals surface area (Å²) >= 11 is 0. The number of amides is 1. The molecule has 1 heterocycles. The van der Waals surface area contributed by atoms with E-state index in [1.54, 1.807) is 31.4 Å². The Labute approximate surface area is 153 Å². The van der Waals surface area contributed by atoms with Crippen molar-refractivity contribution in [3.63, 3.8) is 0 Å². The van der Waals surface area contributed by atoms with Crippen molar-refractivity contribution in [2.24, 2.45) is 0 Å². The molecule has 2 aromatic rings. The SMILES string of the molecule is COc1ccc(C[NH+]2CCN(C(=O)/C=C/c3ccc(F)cc3)CC2)cc1. The van der Waals surface area contributed by atoms with Crippen molar-refractivity contribution in [2.45, 2.75) is 6.54 Å². The highest BCUT2D eigenvalue weighted by atomic mass is 19.1. The van der Waals surface area contributed by atoms with E-state index >= 15 is 0 Å². The summed E-state index contributed by atoms with van der Waals surface area (Å²) in [6.07, 6.45) is 3.31. The molecule has 1 amide bonds. The molecule has 0 aliphatic carbocycles. The molecular formula is C21H24FN2O2+. The number of carbonyl (C=O) groups is 1. The van der Waals surface area contributed by atoms with Gasteiger partial charge in [0.05, 0.1) is 33.3 Å². The van der Waals surface area contributed by atoms with Gasteiger partial charge in [-0.25, -0.2) is 4.39 Å². The van der Waals surface area contributed by atoms with E-state index in [0.29, 0.717) is 0 Å². The van der Waals surface area contributed by atoms with Crippen LogP contribution in [0.4, 0.5) is 4.39 Å². The monoisotopic (exact) mass is 355 g/mol. The summed E-state index contributed by atoms with van der Waals surface area (Å²) in [5.41, 5.74) is 2.10. The van der Waals surface area contributed by atoms with E-state index in [9.17, 15) is 9.18 Å². The minimum atomic E-state index is -0.274. The Bertz CT molecular complexity index is 749. The number of piperazine rings is 1. The molecule has 3 rings (SSSR count). The normalized spacial score (nSPS) is 15.4. The topological polar surface area (TPSA) is 34.0 Å². The third-order valence-corrected chi connectivity index (χ3v) is 4.68. The summed E-state index contributed by atoms with van der Waals surface area (Å²) in [6.45, 7) is 4.32. The van der Waals surface area contributed by atoms with Crippen LogP contribution in [0.25, 0.3) is 6.08 Å². The molecule has 1 saturated heterocycles. The van der Waals surface area contributed by atoms with Crippen LogP contribution in [0.1, 0.15) is 11.1 Å². The second kappa shape index (κ2) is 8.63. The maximum absolute atomic E-state index is 12.9. The fourth-order valence-electron chi connectivity index (χ4n) is 3.10. The Kier molecular flexibility index (Phi) is 6.02. The standard InChI is InChI=1S/C21H23FN2O2/c1-26-20-9-4-18(5-10-20)16-23-12-14-24(15-13-23)21(25)11-6-17-2-7-19(22)8-3-17/h2-11H,12-16H2,1H3/p+1/b11-6+. The van der Waals surface area contributed by atoms with Gasteiger partial charge in [0.15, 0.2) is 0 Å². The second-order valence-corrected chi connectivity index (χ2v) is 6.49. The number of carbonyl (C=O) groups excluding carboxylic acids is 1. The van der Waals surface area contributed by atoms with E-state index in [4.69, 9.17) is 4.74 Å². The molecule has 0 spiro atoms. The zero-order chi connectivity index (χ0) is 18.4. The van der Waals surface area contributed by atoms with Crippen molar-refractivity contribution < 1.29 is 18.8 Å². The number of nitrogens with zero attached hydrogens (tertiary/aromatic N) is 1. The van der Waals surface area contributed by atoms with Crippen molar-refractivity contribution in [3.8, 4) is 5.75 Å². The highest BCUT2D eigenvalue weighted by Gasteiger charge is 2.22. The van der Waals surface area contributed by atoms with Crippen molar-refractivity contribution in [3.05, 3.63) is 71.6 Å². The highest BCUT2D eigenvalue weighted by Crippen LogP contribution is 2.10. The van der Waals surface area contributed by atoms with Gasteiger partial charge in [-0.15, -0.1) is 0 Å². The smallest absolute Gasteiger partial charge is 0.246 e. The van der Waals surface area contributed by atoms with Gasteiger partial charge in [0.2, 0.25) is 5.91 Å². The molecule has 136 valence electrons. The summed E-state index contributed by atoms with van der Waals surface area (Å²) in [5.74, 6) is 0.606. The average molecular weight is 355 g/mol. The quantitative estimate of drug-likeness (QED) is 0.830. The molecule has 1 fully saturated rings. The van der Waals surface area contributed by atoms with Crippen LogP contribution < -0.4 is 9.64 Å². The number of halogens is 1. The van der Waals surface area contributed by atoms with Gasteiger partial charge in [0.1, 0.15) is 18.1 Å². The fourth-order valence-corrected chi connectivity index (χ4v) is 3.10. The number of methoxy groups -OCH3 is 1. The van der Waals surface area contributed by atoms with Gasteiger partial charge in [0, 0.05) is 11.6 Å². The van der Waals surface area contributed by atoms with Crippen molar-refractivity contribution >= 4 is 12.0 Å². The van der Waals surface area contributed by atoms with Gasteiger partial charge >= 0.3 is 0 Å². The zero-order valence-corrected chi connectivity index (χ0v) is 15.0. The molecule has 0 saturated carbocycles. The molecular weight excluding hydrogens is 331 g/mol. The predicted molar refractivity (Wildman–Crippen MR) is 99.4 cm³/mol. The summed E-state index contributed by atoms with van der Waals surface area (Å²) < 4.78 is 18.1. The Balaban J connectivity index is 1.47. The van der Waals surface area contributed by atoms with Crippen LogP contribution in [0.15, 0.2) is 54.6 Å². The molecule has 0 radical (unpaired) electrons. The molecule has 5 heteroatoms. The molecule has 2 aromatic carbocycles. The van der Waals surface area contributed by atoms with Gasteiger partial charge in [-0.05, 0) is 48.0 Å². The molecule has 4 nitrogen and oxygen atoms in total. The van der Waals surface area contributed by atoms with Crippen molar-refractivity contribution in [2.75, 3.05) is 33.3 Å². The lowest BCUT2D eigenvalue weighted by atomic mass is 10.2. The van der Waals surface area contributed by atoms with Crippen molar-refractivity contribution in [1.29, 1.82) is 0 Å². The highest BCUT2D eigenvalue weighted by molar-refractivity contribution is 5.91. The first-order valence-corrected chi connectivity index (χ1v) is 8.83. The summed E-state index contributed by atoms with van der Waals surface area (Å²) in [4.78, 5) is 15.7. The average Bonchev–Trinajstić information content (AvgIpc) is 2.68. The van der Waals surface area contributed by atoms with E-state index < -0.39 is 0 Å². The second-order valence-electron chi connectivity index (χ2n) is 6.49. The van der Waals surface area contributed by atoms with E-state index in [-0.39, 0.29) is 11.7 Å². The van der Waals surface area contributed by atoms with Gasteiger partial charge in [-0.2, -0.15) is 0 Å². The van der Waals surface area contributed by atoms with E-state index in [0.717, 1.165) is 44.0 Å². The van der Waals surface area contributed by atoms with E-state index in [1.165, 1.54) is 22.6 Å². The van der Waals surface area contributed by atoms with Crippen LogP contribution in [0.5, 0.6) is 5.75 Å². The van der Waals surface area contributed by atoms with E-state index in [1.807, 2.05) is 17.0 Å². The first-order chi connectivity index (χ1) is 12.6. The molecule has 1 N–H and O–H groups in total. The van der Waals surface area contributed by atoms with Crippen LogP contribution in [0, 0.1) is 5.82 Å². The molecule has 1 aliphatic heterocycles. The third-order valence-electron chi connectivity index (χ3n) is 4.68. The minimum absolute atomic E-state index is 0.0119. The Morgan fingerprint density at radius 2 is 1.77 bits per heavy atom. The third kappa shape index (κ3) is 4.92. The molecule has 26 heavy (non-hydrogen) atoms. The van der Waals surface area contributed by atoms with Gasteiger partial charge in [-0.1, -0.05) is 12.1 Å². The Morgan fingerprint density at radius 1 is 1.12 bits per heavy atom. The Hall–Kier alpha value is -2.66. The maximum Gasteiger partial charge on any atom is 0.246 e. The van der Waals surface area contributed by atoms with Crippen LogP contribution in [0.2, 0.25) is 0 Å². The fraction of sp³-hybridized carbons (Fsp3) is 0.286. The lowest BCUT2D eigenvalue weighted by molar-refractivity contribution is -0.917. The van der Waals surface area contributed by atoms with Crippen LogP contribution in [-0.4, -0.2) is 44.1 Å². The summed E-state index contributed by atoms with van der Waals surface area (Å²) in [6, 6.07) is 14.3. The minimum Gasteiger partial charge on any atom is -0.497 e. The number of benzene rings is 2. The van der Waals surface area contributed by atoms with Gasteiger partial charge in [-0.3, -0.25) is 4.79 Å². The molecule has 1 aliphatic rings. The lowest BCUT2D eigenvalue weighted by Gasteiger charge is -2.31. The number of quaternary nitrogens is 1. The summed E-state index contributed by atoms with van der Waals surface area (Å²) in [5, 5.41) is 0. The van der Waals surface area contributed by atoms with Crippen LogP contribution in [-0.2, 0) is 11.3 Å². The zero-order valence-electron chi connectivity index (χ0n) is 15.0. The summed E-state index contributed by atoms with van der Waals surface area (Å²) in [7, 11) is 1.67. The van der Waals surface area contributed by atoms with Crippen LogP contribution >= 0.6 is 0 Å². The molecule has 0 atom stereocenters. The van der Waals surface area contributed by atoms with Crippen LogP contribution in [0.3, 0.4) is 0 Å². The number of nitrogens with one attached hydrogen (secondary N) is 1. The number of ether oxygens (including phenoxy) is 1. The number of hydrogen-bond acceptors (Lipinski definition) is 2. The molecule has 0 unspecified atom stereocenters. The predicted octanol–water partition coefficient (Wildman–Crippen LogP) is 1.77. The Morgan fingerprint density at radius 3 is 2.38 bits per heavy atom. The van der Waals surface area contributed by atoms with Gasteiger partial charge < -0.3 is 14.5 Å². The van der Waals surface area contributed by atoms with Crippen molar-refractivity contribution in [1.82, 2.24) is 4.90 Å². The first-order valence-electron chi connectivity index (χ1n) is 8.83. The number of rotatable bonds is 5. The molecule has 0 bridgehead atoms. The maximum atomic E-state index is 12.9. The van der Waals surface area contributed by atoms with Gasteiger partial charge in [0.25, 0.3) is 0 Å². The van der Waals surface area contributed by atoms with E-state index in [2.05, 4.69) is 12.1 Å². The molecule has 0 aromatic heterocycles. The largest absolute Gasteiger partial charge is 0.497 e. The number of hydrogen-bond donors (Lipinski definition) is 1. The first kappa shape index (κ1) is 18.1. The lowest BCUT2D eigenvalue weighted by Crippen LogP contribution is -3.13.